The summed E-state index contributed by atoms with van der Waals surface area (Å²) >= 11 is 0. The fraction of sp³-hybridized carbons (Fsp3) is 0.118. The first kappa shape index (κ1) is 14.0. The monoisotopic (exact) mass is 269 g/mol. The third-order valence-electron chi connectivity index (χ3n) is 2.88. The molecule has 0 atom stereocenters. The van der Waals surface area contributed by atoms with Gasteiger partial charge in [0.1, 0.15) is 5.82 Å². The highest BCUT2D eigenvalue weighted by Gasteiger charge is 1.99. The lowest BCUT2D eigenvalue weighted by atomic mass is 10.1. The largest absolute Gasteiger partial charge is 0.323 e. The molecule has 20 heavy (non-hydrogen) atoms. The first-order valence-corrected chi connectivity index (χ1v) is 6.51. The fourth-order valence-corrected chi connectivity index (χ4v) is 1.84. The Morgan fingerprint density at radius 2 is 2.00 bits per heavy atom. The van der Waals surface area contributed by atoms with Gasteiger partial charge in [-0.05, 0) is 47.9 Å². The molecule has 0 spiro atoms. The summed E-state index contributed by atoms with van der Waals surface area (Å²) in [5, 5.41) is 2.78. The quantitative estimate of drug-likeness (QED) is 0.834. The van der Waals surface area contributed by atoms with Crippen LogP contribution in [0.2, 0.25) is 0 Å². The predicted molar refractivity (Wildman–Crippen MR) is 79.9 cm³/mol. The second kappa shape index (κ2) is 6.66. The number of rotatable bonds is 4. The average Bonchev–Trinajstić information content (AvgIpc) is 2.45. The number of carbonyl (C=O) groups is 1. The van der Waals surface area contributed by atoms with Crippen molar-refractivity contribution in [3.05, 3.63) is 71.6 Å². The van der Waals surface area contributed by atoms with Crippen LogP contribution in [0.1, 0.15) is 18.1 Å². The van der Waals surface area contributed by atoms with Crippen LogP contribution in [0, 0.1) is 5.82 Å². The summed E-state index contributed by atoms with van der Waals surface area (Å²) in [6.45, 7) is 2.06. The van der Waals surface area contributed by atoms with Crippen molar-refractivity contribution in [1.29, 1.82) is 0 Å². The Bertz CT molecular complexity index is 634. The van der Waals surface area contributed by atoms with Gasteiger partial charge < -0.3 is 5.32 Å². The van der Waals surface area contributed by atoms with Gasteiger partial charge >= 0.3 is 0 Å². The van der Waals surface area contributed by atoms with Gasteiger partial charge in [0.15, 0.2) is 0 Å². The van der Waals surface area contributed by atoms with Gasteiger partial charge in [-0.2, -0.15) is 0 Å². The van der Waals surface area contributed by atoms with E-state index in [2.05, 4.69) is 12.2 Å². The minimum absolute atomic E-state index is 0.234. The highest BCUT2D eigenvalue weighted by molar-refractivity contribution is 6.01. The second-order valence-corrected chi connectivity index (χ2v) is 4.43. The Morgan fingerprint density at radius 3 is 2.75 bits per heavy atom. The van der Waals surface area contributed by atoms with Crippen molar-refractivity contribution in [3.63, 3.8) is 0 Å². The van der Waals surface area contributed by atoms with Gasteiger partial charge in [0.05, 0.1) is 0 Å². The van der Waals surface area contributed by atoms with Crippen molar-refractivity contribution >= 4 is 17.7 Å². The SMILES string of the molecule is CCc1cccc(NC(=O)C=Cc2cccc(F)c2)c1. The Labute approximate surface area is 118 Å². The molecule has 102 valence electrons. The van der Waals surface area contributed by atoms with Crippen LogP contribution < -0.4 is 5.32 Å². The molecule has 2 aromatic rings. The van der Waals surface area contributed by atoms with Crippen LogP contribution >= 0.6 is 0 Å². The van der Waals surface area contributed by atoms with Gasteiger partial charge in [0, 0.05) is 11.8 Å². The highest BCUT2D eigenvalue weighted by atomic mass is 19.1. The van der Waals surface area contributed by atoms with Crippen LogP contribution in [-0.4, -0.2) is 5.91 Å². The van der Waals surface area contributed by atoms with Gasteiger partial charge in [0.2, 0.25) is 5.91 Å². The van der Waals surface area contributed by atoms with E-state index in [9.17, 15) is 9.18 Å². The van der Waals surface area contributed by atoms with Crippen molar-refractivity contribution in [2.75, 3.05) is 5.32 Å². The maximum Gasteiger partial charge on any atom is 0.248 e. The molecule has 2 rings (SSSR count). The number of amides is 1. The van der Waals surface area contributed by atoms with E-state index in [-0.39, 0.29) is 11.7 Å². The number of aryl methyl sites for hydroxylation is 1. The molecule has 0 fully saturated rings. The highest BCUT2D eigenvalue weighted by Crippen LogP contribution is 2.11. The standard InChI is InChI=1S/C17H16FNO/c1-2-13-5-4-8-16(12-13)19-17(20)10-9-14-6-3-7-15(18)11-14/h3-12H,2H2,1H3,(H,19,20). The van der Waals surface area contributed by atoms with E-state index in [0.717, 1.165) is 17.7 Å². The zero-order valence-electron chi connectivity index (χ0n) is 11.3. The van der Waals surface area contributed by atoms with Crippen molar-refractivity contribution in [2.24, 2.45) is 0 Å². The van der Waals surface area contributed by atoms with E-state index in [1.165, 1.54) is 18.2 Å². The van der Waals surface area contributed by atoms with Crippen LogP contribution in [0.5, 0.6) is 0 Å². The normalized spacial score (nSPS) is 10.7. The summed E-state index contributed by atoms with van der Waals surface area (Å²) in [6, 6.07) is 13.8. The van der Waals surface area contributed by atoms with Crippen molar-refractivity contribution in [1.82, 2.24) is 0 Å². The van der Waals surface area contributed by atoms with Crippen LogP contribution in [-0.2, 0) is 11.2 Å². The van der Waals surface area contributed by atoms with E-state index in [1.54, 1.807) is 18.2 Å². The summed E-state index contributed by atoms with van der Waals surface area (Å²) in [5.41, 5.74) is 2.58. The van der Waals surface area contributed by atoms with Gasteiger partial charge in [-0.25, -0.2) is 4.39 Å². The summed E-state index contributed by atoms with van der Waals surface area (Å²) in [6.07, 6.45) is 3.90. The number of halogens is 1. The molecular weight excluding hydrogens is 253 g/mol. The van der Waals surface area contributed by atoms with E-state index < -0.39 is 0 Å². The average molecular weight is 269 g/mol. The molecule has 0 bridgehead atoms. The molecule has 0 aliphatic rings. The van der Waals surface area contributed by atoms with E-state index in [1.807, 2.05) is 24.3 Å². The van der Waals surface area contributed by atoms with Gasteiger partial charge in [0.25, 0.3) is 0 Å². The maximum absolute atomic E-state index is 13.0. The number of nitrogens with one attached hydrogen (secondary N) is 1. The Balaban J connectivity index is 2.01. The first-order valence-electron chi connectivity index (χ1n) is 6.51. The van der Waals surface area contributed by atoms with Crippen LogP contribution in [0.15, 0.2) is 54.6 Å². The van der Waals surface area contributed by atoms with Gasteiger partial charge in [-0.15, -0.1) is 0 Å². The van der Waals surface area contributed by atoms with Crippen molar-refractivity contribution < 1.29 is 9.18 Å². The maximum atomic E-state index is 13.0. The summed E-state index contributed by atoms with van der Waals surface area (Å²) < 4.78 is 13.0. The molecule has 0 saturated carbocycles. The fourth-order valence-electron chi connectivity index (χ4n) is 1.84. The summed E-state index contributed by atoms with van der Waals surface area (Å²) in [7, 11) is 0. The lowest BCUT2D eigenvalue weighted by Crippen LogP contribution is -2.07. The molecule has 1 amide bonds. The Kier molecular flexibility index (Phi) is 4.66. The van der Waals surface area contributed by atoms with Crippen molar-refractivity contribution in [2.45, 2.75) is 13.3 Å². The third kappa shape index (κ3) is 4.05. The van der Waals surface area contributed by atoms with Crippen molar-refractivity contribution in [3.8, 4) is 0 Å². The molecule has 2 aromatic carbocycles. The van der Waals surface area contributed by atoms with Crippen LogP contribution in [0.3, 0.4) is 0 Å². The zero-order chi connectivity index (χ0) is 14.4. The van der Waals surface area contributed by atoms with E-state index in [0.29, 0.717) is 5.56 Å². The van der Waals surface area contributed by atoms with Crippen LogP contribution in [0.25, 0.3) is 6.08 Å². The Morgan fingerprint density at radius 1 is 1.20 bits per heavy atom. The lowest BCUT2D eigenvalue weighted by molar-refractivity contribution is -0.111. The Hall–Kier alpha value is -2.42. The summed E-state index contributed by atoms with van der Waals surface area (Å²) in [5.74, 6) is -0.550. The second-order valence-electron chi connectivity index (χ2n) is 4.43. The number of anilines is 1. The molecule has 0 radical (unpaired) electrons. The molecule has 3 heteroatoms. The lowest BCUT2D eigenvalue weighted by Gasteiger charge is -2.04. The number of hydrogen-bond donors (Lipinski definition) is 1. The molecule has 0 aliphatic carbocycles. The third-order valence-corrected chi connectivity index (χ3v) is 2.88. The topological polar surface area (TPSA) is 29.1 Å². The molecule has 0 aromatic heterocycles. The molecule has 1 N–H and O–H groups in total. The molecular formula is C17H16FNO. The molecule has 0 saturated heterocycles. The van der Waals surface area contributed by atoms with Gasteiger partial charge in [-0.1, -0.05) is 31.2 Å². The zero-order valence-corrected chi connectivity index (χ0v) is 11.3. The van der Waals surface area contributed by atoms with E-state index >= 15 is 0 Å². The molecule has 0 aliphatic heterocycles. The number of benzene rings is 2. The number of carbonyl (C=O) groups excluding carboxylic acids is 1. The number of hydrogen-bond acceptors (Lipinski definition) is 1. The van der Waals surface area contributed by atoms with Gasteiger partial charge in [-0.3, -0.25) is 4.79 Å². The van der Waals surface area contributed by atoms with E-state index in [4.69, 9.17) is 0 Å². The predicted octanol–water partition coefficient (Wildman–Crippen LogP) is 4.04. The minimum atomic E-state index is -0.316. The minimum Gasteiger partial charge on any atom is -0.323 e. The first-order chi connectivity index (χ1) is 9.67. The summed E-state index contributed by atoms with van der Waals surface area (Å²) in [4.78, 5) is 11.8. The smallest absolute Gasteiger partial charge is 0.248 e. The molecule has 0 heterocycles. The molecule has 2 nitrogen and oxygen atoms in total. The molecule has 0 unspecified atom stereocenters. The van der Waals surface area contributed by atoms with Crippen LogP contribution in [0.4, 0.5) is 10.1 Å².